The van der Waals surface area contributed by atoms with Gasteiger partial charge in [0.15, 0.2) is 0 Å². The largest absolute Gasteiger partial charge is 0.399 e. The number of hydrogen-bond acceptors (Lipinski definition) is 4. The third-order valence-corrected chi connectivity index (χ3v) is 8.85. The van der Waals surface area contributed by atoms with Gasteiger partial charge in [-0.15, -0.1) is 10.0 Å². The van der Waals surface area contributed by atoms with Gasteiger partial charge < -0.3 is 22.9 Å². The predicted octanol–water partition coefficient (Wildman–Crippen LogP) is 5.36. The summed E-state index contributed by atoms with van der Waals surface area (Å²) >= 11 is 0. The van der Waals surface area contributed by atoms with E-state index in [1.54, 1.807) is 0 Å². The molecule has 0 spiro atoms. The molecule has 0 aliphatic carbocycles. The smallest absolute Gasteiger partial charge is 0.0314 e. The Morgan fingerprint density at radius 1 is 0.310 bits per heavy atom. The molecule has 0 unspecified atom stereocenters. The van der Waals surface area contributed by atoms with Crippen molar-refractivity contribution in [1.29, 1.82) is 0 Å². The van der Waals surface area contributed by atoms with Crippen molar-refractivity contribution in [3.63, 3.8) is 0 Å². The zero-order chi connectivity index (χ0) is 20.4. The molecular formula is C24H24N4S. The quantitative estimate of drug-likeness (QED) is 0.346. The average Bonchev–Trinajstić information content (AvgIpc) is 2.73. The summed E-state index contributed by atoms with van der Waals surface area (Å²) in [7, 11) is -1.80. The van der Waals surface area contributed by atoms with Gasteiger partial charge in [-0.05, 0) is 97.1 Å². The van der Waals surface area contributed by atoms with E-state index in [2.05, 4.69) is 48.5 Å². The molecule has 0 aliphatic rings. The summed E-state index contributed by atoms with van der Waals surface area (Å²) in [6.45, 7) is 0. The second-order valence-corrected chi connectivity index (χ2v) is 10.00. The first-order chi connectivity index (χ1) is 14.0. The average molecular weight is 401 g/mol. The highest BCUT2D eigenvalue weighted by Gasteiger charge is 2.33. The van der Waals surface area contributed by atoms with Crippen LogP contribution in [-0.2, 0) is 0 Å². The van der Waals surface area contributed by atoms with Gasteiger partial charge in [0, 0.05) is 42.3 Å². The van der Waals surface area contributed by atoms with Crippen molar-refractivity contribution in [2.75, 3.05) is 22.9 Å². The van der Waals surface area contributed by atoms with Gasteiger partial charge in [-0.1, -0.05) is 0 Å². The summed E-state index contributed by atoms with van der Waals surface area (Å²) < 4.78 is 0. The van der Waals surface area contributed by atoms with Crippen LogP contribution in [0.15, 0.2) is 117 Å². The van der Waals surface area contributed by atoms with E-state index in [4.69, 9.17) is 22.9 Å². The first-order valence-electron chi connectivity index (χ1n) is 9.26. The molecule has 0 heterocycles. The maximum absolute atomic E-state index is 6.01. The van der Waals surface area contributed by atoms with Gasteiger partial charge in [-0.25, -0.2) is 0 Å². The Morgan fingerprint density at radius 3 is 0.655 bits per heavy atom. The van der Waals surface area contributed by atoms with Crippen molar-refractivity contribution in [1.82, 2.24) is 0 Å². The molecule has 0 bridgehead atoms. The molecule has 29 heavy (non-hydrogen) atoms. The van der Waals surface area contributed by atoms with Crippen LogP contribution in [0.1, 0.15) is 0 Å². The maximum atomic E-state index is 6.01. The van der Waals surface area contributed by atoms with E-state index in [1.807, 2.05) is 48.5 Å². The van der Waals surface area contributed by atoms with E-state index in [9.17, 15) is 0 Å². The third-order valence-electron chi connectivity index (χ3n) is 4.93. The van der Waals surface area contributed by atoms with Gasteiger partial charge in [0.2, 0.25) is 0 Å². The van der Waals surface area contributed by atoms with Gasteiger partial charge >= 0.3 is 0 Å². The van der Waals surface area contributed by atoms with E-state index in [0.29, 0.717) is 0 Å². The summed E-state index contributed by atoms with van der Waals surface area (Å²) in [4.78, 5) is 4.69. The summed E-state index contributed by atoms with van der Waals surface area (Å²) in [6, 6.07) is 32.4. The molecule has 4 aromatic carbocycles. The molecule has 0 aromatic heterocycles. The lowest BCUT2D eigenvalue weighted by atomic mass is 10.3. The SMILES string of the molecule is Nc1ccc(S(c2ccc(N)cc2)(c2ccc(N)cc2)c2ccc(N)cc2)cc1. The number of nitrogen functional groups attached to an aromatic ring is 4. The number of hydrogen-bond donors (Lipinski definition) is 4. The van der Waals surface area contributed by atoms with Crippen LogP contribution < -0.4 is 22.9 Å². The van der Waals surface area contributed by atoms with Crippen molar-refractivity contribution >= 4 is 32.8 Å². The van der Waals surface area contributed by atoms with Crippen molar-refractivity contribution in [2.45, 2.75) is 19.6 Å². The lowest BCUT2D eigenvalue weighted by molar-refractivity contribution is 1.24. The van der Waals surface area contributed by atoms with Gasteiger partial charge in [0.25, 0.3) is 0 Å². The fourth-order valence-electron chi connectivity index (χ4n) is 3.50. The molecule has 0 saturated heterocycles. The molecular weight excluding hydrogens is 376 g/mol. The highest BCUT2D eigenvalue weighted by atomic mass is 32.3. The molecule has 146 valence electrons. The Morgan fingerprint density at radius 2 is 0.483 bits per heavy atom. The van der Waals surface area contributed by atoms with Crippen LogP contribution in [0.4, 0.5) is 22.7 Å². The van der Waals surface area contributed by atoms with E-state index in [-0.39, 0.29) is 0 Å². The van der Waals surface area contributed by atoms with Crippen LogP contribution in [0.2, 0.25) is 0 Å². The molecule has 8 N–H and O–H groups in total. The van der Waals surface area contributed by atoms with Crippen LogP contribution in [0.25, 0.3) is 0 Å². The highest BCUT2D eigenvalue weighted by Crippen LogP contribution is 2.73. The lowest BCUT2D eigenvalue weighted by Gasteiger charge is -2.42. The molecule has 0 saturated carbocycles. The second kappa shape index (κ2) is 7.45. The monoisotopic (exact) mass is 400 g/mol. The fraction of sp³-hybridized carbons (Fsp3) is 0. The minimum absolute atomic E-state index is 0.731. The minimum atomic E-state index is -1.80. The Labute approximate surface area is 172 Å². The number of nitrogens with two attached hydrogens (primary N) is 4. The van der Waals surface area contributed by atoms with Crippen LogP contribution >= 0.6 is 10.0 Å². The molecule has 0 radical (unpaired) electrons. The predicted molar refractivity (Wildman–Crippen MR) is 124 cm³/mol. The first-order valence-corrected chi connectivity index (χ1v) is 10.9. The maximum Gasteiger partial charge on any atom is 0.0314 e. The molecule has 0 aliphatic heterocycles. The van der Waals surface area contributed by atoms with E-state index in [0.717, 1.165) is 22.7 Å². The number of rotatable bonds is 4. The molecule has 0 amide bonds. The van der Waals surface area contributed by atoms with E-state index < -0.39 is 10.0 Å². The molecule has 4 rings (SSSR count). The number of benzene rings is 4. The summed E-state index contributed by atoms with van der Waals surface area (Å²) in [5, 5.41) is 0. The van der Waals surface area contributed by atoms with Gasteiger partial charge in [-0.3, -0.25) is 0 Å². The van der Waals surface area contributed by atoms with E-state index >= 15 is 0 Å². The normalized spacial score (nSPS) is 11.9. The van der Waals surface area contributed by atoms with Crippen molar-refractivity contribution in [3.05, 3.63) is 97.1 Å². The Balaban J connectivity index is 2.11. The number of anilines is 4. The fourth-order valence-corrected chi connectivity index (χ4v) is 7.31. The second-order valence-electron chi connectivity index (χ2n) is 6.89. The van der Waals surface area contributed by atoms with Gasteiger partial charge in [-0.2, -0.15) is 0 Å². The van der Waals surface area contributed by atoms with Crippen molar-refractivity contribution < 1.29 is 0 Å². The standard InChI is InChI=1S/C24H24N4S/c25-17-1-9-21(10-2-17)29(22-11-3-18(26)4-12-22,23-13-5-19(27)6-14-23)24-15-7-20(28)8-16-24/h1-16H,25-28H2. The van der Waals surface area contributed by atoms with Crippen LogP contribution in [-0.4, -0.2) is 0 Å². The van der Waals surface area contributed by atoms with Crippen LogP contribution in [0.5, 0.6) is 0 Å². The van der Waals surface area contributed by atoms with Crippen LogP contribution in [0, 0.1) is 0 Å². The summed E-state index contributed by atoms with van der Waals surface area (Å²) in [5.41, 5.74) is 26.9. The molecule has 5 heteroatoms. The first kappa shape index (κ1) is 18.8. The summed E-state index contributed by atoms with van der Waals surface area (Å²) in [5.74, 6) is 0. The van der Waals surface area contributed by atoms with Crippen LogP contribution in [0.3, 0.4) is 0 Å². The Hall–Kier alpha value is -3.57. The van der Waals surface area contributed by atoms with Crippen molar-refractivity contribution in [2.24, 2.45) is 0 Å². The topological polar surface area (TPSA) is 104 Å². The minimum Gasteiger partial charge on any atom is -0.399 e. The molecule has 0 fully saturated rings. The van der Waals surface area contributed by atoms with E-state index in [1.165, 1.54) is 19.6 Å². The third kappa shape index (κ3) is 3.37. The zero-order valence-electron chi connectivity index (χ0n) is 16.0. The molecule has 0 atom stereocenters. The Kier molecular flexibility index (Phi) is 4.82. The molecule has 4 nitrogen and oxygen atoms in total. The van der Waals surface area contributed by atoms with Gasteiger partial charge in [0.1, 0.15) is 0 Å². The van der Waals surface area contributed by atoms with Gasteiger partial charge in [0.05, 0.1) is 0 Å². The Bertz CT molecular complexity index is 916. The summed E-state index contributed by atoms with van der Waals surface area (Å²) in [6.07, 6.45) is 0. The van der Waals surface area contributed by atoms with Crippen molar-refractivity contribution in [3.8, 4) is 0 Å². The highest BCUT2D eigenvalue weighted by molar-refractivity contribution is 8.34. The lowest BCUT2D eigenvalue weighted by Crippen LogP contribution is -2.06. The zero-order valence-corrected chi connectivity index (χ0v) is 16.8. The molecule has 4 aromatic rings.